The lowest BCUT2D eigenvalue weighted by Gasteiger charge is -2.59. The Morgan fingerprint density at radius 2 is 0.895 bits per heavy atom. The van der Waals surface area contributed by atoms with Gasteiger partial charge in [0.2, 0.25) is 0 Å². The molecule has 1 aromatic carbocycles. The summed E-state index contributed by atoms with van der Waals surface area (Å²) in [5.41, 5.74) is 0. The van der Waals surface area contributed by atoms with Crippen LogP contribution >= 0.6 is 0 Å². The summed E-state index contributed by atoms with van der Waals surface area (Å²) in [6.45, 7) is 22.0. The first-order chi connectivity index (χ1) is 8.36. The zero-order chi connectivity index (χ0) is 15.1. The molecule has 1 rings (SSSR count). The lowest BCUT2D eigenvalue weighted by atomic mass is 10.2. The number of benzene rings is 1. The summed E-state index contributed by atoms with van der Waals surface area (Å²) in [4.78, 5) is 0. The van der Waals surface area contributed by atoms with Crippen LogP contribution in [0.5, 0.6) is 0 Å². The van der Waals surface area contributed by atoms with Crippen LogP contribution in [0, 0.1) is 0 Å². The monoisotopic (exact) mass is 276 g/mol. The van der Waals surface area contributed by atoms with Gasteiger partial charge in [0.05, 0.1) is 0 Å². The Balaban J connectivity index is 3.76. The second kappa shape index (κ2) is 4.77. The molecule has 0 unspecified atom stereocenters. The summed E-state index contributed by atoms with van der Waals surface area (Å²) in [6, 6.07) is 11.3. The minimum Gasteiger partial charge on any atom is -0.0629 e. The highest BCUT2D eigenvalue weighted by atomic mass is 28.3. The van der Waals surface area contributed by atoms with Crippen LogP contribution < -0.4 is 5.19 Å². The molecule has 0 N–H and O–H groups in total. The van der Waals surface area contributed by atoms with Crippen LogP contribution in [-0.2, 0) is 0 Å². The standard InChI is InChI=1S/C18H32Si/c1-16(2,3)19(17(4,5)6,18(7,8)9)15-13-11-10-12-14-15/h10-14H,1-9H3. The second-order valence-corrected chi connectivity index (χ2v) is 15.4. The fraction of sp³-hybridized carbons (Fsp3) is 0.667. The molecule has 108 valence electrons. The van der Waals surface area contributed by atoms with Crippen molar-refractivity contribution in [1.82, 2.24) is 0 Å². The van der Waals surface area contributed by atoms with Crippen molar-refractivity contribution in [2.45, 2.75) is 77.4 Å². The first-order valence-corrected chi connectivity index (χ1v) is 9.41. The van der Waals surface area contributed by atoms with Crippen molar-refractivity contribution in [3.8, 4) is 0 Å². The fourth-order valence-electron chi connectivity index (χ4n) is 5.36. The van der Waals surface area contributed by atoms with Crippen LogP contribution in [0.4, 0.5) is 0 Å². The van der Waals surface area contributed by atoms with Gasteiger partial charge >= 0.3 is 0 Å². The van der Waals surface area contributed by atoms with E-state index >= 15 is 0 Å². The Morgan fingerprint density at radius 1 is 0.579 bits per heavy atom. The zero-order valence-corrected chi connectivity index (χ0v) is 15.4. The quantitative estimate of drug-likeness (QED) is 0.573. The van der Waals surface area contributed by atoms with Gasteiger partial charge in [-0.2, -0.15) is 0 Å². The van der Waals surface area contributed by atoms with Crippen molar-refractivity contribution in [3.05, 3.63) is 30.3 Å². The highest BCUT2D eigenvalue weighted by Crippen LogP contribution is 2.61. The predicted octanol–water partition coefficient (Wildman–Crippen LogP) is 5.74. The first kappa shape index (κ1) is 16.5. The van der Waals surface area contributed by atoms with E-state index in [1.165, 1.54) is 0 Å². The van der Waals surface area contributed by atoms with Gasteiger partial charge in [-0.3, -0.25) is 0 Å². The first-order valence-electron chi connectivity index (χ1n) is 7.41. The summed E-state index contributed by atoms with van der Waals surface area (Å²) in [6.07, 6.45) is 0. The molecule has 19 heavy (non-hydrogen) atoms. The van der Waals surface area contributed by atoms with Crippen LogP contribution in [-0.4, -0.2) is 8.07 Å². The zero-order valence-electron chi connectivity index (χ0n) is 14.4. The molecule has 0 atom stereocenters. The van der Waals surface area contributed by atoms with Crippen molar-refractivity contribution < 1.29 is 0 Å². The lowest BCUT2D eigenvalue weighted by molar-refractivity contribution is 0.547. The maximum atomic E-state index is 2.45. The molecule has 0 nitrogen and oxygen atoms in total. The fourth-order valence-corrected chi connectivity index (χ4v) is 15.4. The Hall–Kier alpha value is -0.563. The number of hydrogen-bond donors (Lipinski definition) is 0. The van der Waals surface area contributed by atoms with Crippen LogP contribution in [0.25, 0.3) is 0 Å². The average Bonchev–Trinajstić information content (AvgIpc) is 2.12. The largest absolute Gasteiger partial charge is 0.103 e. The van der Waals surface area contributed by atoms with Crippen LogP contribution in [0.15, 0.2) is 30.3 Å². The Bertz CT molecular complexity index is 374. The van der Waals surface area contributed by atoms with Gasteiger partial charge in [-0.15, -0.1) is 0 Å². The highest BCUT2D eigenvalue weighted by Gasteiger charge is 2.60. The molecule has 0 aliphatic rings. The van der Waals surface area contributed by atoms with E-state index in [1.54, 1.807) is 5.19 Å². The summed E-state index contributed by atoms with van der Waals surface area (Å²) in [7, 11) is -1.78. The smallest absolute Gasteiger partial charge is 0.0629 e. The molecule has 0 aliphatic heterocycles. The van der Waals surface area contributed by atoms with Crippen molar-refractivity contribution >= 4 is 13.3 Å². The van der Waals surface area contributed by atoms with Gasteiger partial charge in [-0.1, -0.05) is 97.8 Å². The van der Waals surface area contributed by atoms with E-state index in [0.29, 0.717) is 15.1 Å². The third kappa shape index (κ3) is 2.54. The minimum atomic E-state index is -1.78. The van der Waals surface area contributed by atoms with E-state index in [-0.39, 0.29) is 0 Å². The van der Waals surface area contributed by atoms with Crippen LogP contribution in [0.2, 0.25) is 15.1 Å². The summed E-state index contributed by atoms with van der Waals surface area (Å²) < 4.78 is 0. The molecule has 0 amide bonds. The number of hydrogen-bond acceptors (Lipinski definition) is 0. The average molecular weight is 277 g/mol. The topological polar surface area (TPSA) is 0 Å². The number of rotatable bonds is 1. The van der Waals surface area contributed by atoms with Crippen molar-refractivity contribution in [3.63, 3.8) is 0 Å². The molecule has 1 heteroatoms. The Kier molecular flexibility index (Phi) is 4.14. The van der Waals surface area contributed by atoms with E-state index in [4.69, 9.17) is 0 Å². The van der Waals surface area contributed by atoms with Gasteiger partial charge in [0.1, 0.15) is 8.07 Å². The Labute approximate surface area is 121 Å². The molecule has 0 spiro atoms. The van der Waals surface area contributed by atoms with E-state index in [9.17, 15) is 0 Å². The van der Waals surface area contributed by atoms with E-state index in [2.05, 4.69) is 92.6 Å². The molecular weight excluding hydrogens is 244 g/mol. The van der Waals surface area contributed by atoms with Gasteiger partial charge in [0, 0.05) is 0 Å². The van der Waals surface area contributed by atoms with E-state index in [1.807, 2.05) is 0 Å². The maximum Gasteiger partial charge on any atom is 0.103 e. The van der Waals surface area contributed by atoms with E-state index < -0.39 is 8.07 Å². The van der Waals surface area contributed by atoms with Crippen molar-refractivity contribution in [2.24, 2.45) is 0 Å². The molecule has 0 aliphatic carbocycles. The summed E-state index contributed by atoms with van der Waals surface area (Å²) in [5.74, 6) is 0. The third-order valence-corrected chi connectivity index (χ3v) is 12.5. The molecule has 0 fully saturated rings. The van der Waals surface area contributed by atoms with Crippen LogP contribution in [0.1, 0.15) is 62.3 Å². The molecule has 0 heterocycles. The van der Waals surface area contributed by atoms with E-state index in [0.717, 1.165) is 0 Å². The van der Waals surface area contributed by atoms with Gasteiger partial charge < -0.3 is 0 Å². The molecule has 0 aromatic heterocycles. The van der Waals surface area contributed by atoms with Crippen LogP contribution in [0.3, 0.4) is 0 Å². The predicted molar refractivity (Wildman–Crippen MR) is 91.0 cm³/mol. The third-order valence-electron chi connectivity index (χ3n) is 4.58. The molecule has 0 saturated carbocycles. The van der Waals surface area contributed by atoms with Gasteiger partial charge in [-0.25, -0.2) is 0 Å². The lowest BCUT2D eigenvalue weighted by Crippen LogP contribution is -2.66. The maximum absolute atomic E-state index is 2.45. The normalized spacial score (nSPS) is 14.6. The minimum absolute atomic E-state index is 0.324. The highest BCUT2D eigenvalue weighted by molar-refractivity contribution is 6.98. The molecular formula is C18H32Si. The van der Waals surface area contributed by atoms with Crippen molar-refractivity contribution in [1.29, 1.82) is 0 Å². The second-order valence-electron chi connectivity index (χ2n) is 8.87. The van der Waals surface area contributed by atoms with Gasteiger partial charge in [0.15, 0.2) is 0 Å². The summed E-state index contributed by atoms with van der Waals surface area (Å²) in [5, 5.41) is 2.57. The molecule has 0 bridgehead atoms. The molecule has 0 radical (unpaired) electrons. The van der Waals surface area contributed by atoms with Gasteiger partial charge in [-0.05, 0) is 15.1 Å². The molecule has 1 aromatic rings. The summed E-state index contributed by atoms with van der Waals surface area (Å²) >= 11 is 0. The SMILES string of the molecule is CC(C)(C)[Si](c1ccccc1)(C(C)(C)C)C(C)(C)C. The van der Waals surface area contributed by atoms with Gasteiger partial charge in [0.25, 0.3) is 0 Å². The Morgan fingerprint density at radius 3 is 1.16 bits per heavy atom. The molecule has 0 saturated heterocycles. The van der Waals surface area contributed by atoms with Crippen molar-refractivity contribution in [2.75, 3.05) is 0 Å².